The minimum atomic E-state index is -0.902. The predicted molar refractivity (Wildman–Crippen MR) is 112 cm³/mol. The van der Waals surface area contributed by atoms with Crippen LogP contribution in [-0.4, -0.2) is 46.5 Å². The molecule has 154 valence electrons. The van der Waals surface area contributed by atoms with E-state index in [1.54, 1.807) is 24.3 Å². The summed E-state index contributed by atoms with van der Waals surface area (Å²) in [5.74, 6) is 0.424. The normalized spacial score (nSPS) is 14.7. The van der Waals surface area contributed by atoms with E-state index in [1.807, 2.05) is 18.2 Å². The van der Waals surface area contributed by atoms with Crippen molar-refractivity contribution in [2.45, 2.75) is 12.5 Å². The summed E-state index contributed by atoms with van der Waals surface area (Å²) in [5.41, 5.74) is 12.5. The van der Waals surface area contributed by atoms with E-state index in [1.165, 1.54) is 12.7 Å². The number of carbonyl (C=O) groups is 2. The fourth-order valence-electron chi connectivity index (χ4n) is 3.47. The van der Waals surface area contributed by atoms with Gasteiger partial charge in [-0.2, -0.15) is 0 Å². The number of hydrogen-bond donors (Lipinski definition) is 3. The lowest BCUT2D eigenvalue weighted by Gasteiger charge is -2.35. The summed E-state index contributed by atoms with van der Waals surface area (Å²) in [5, 5.41) is 4.19. The first kappa shape index (κ1) is 19.6. The van der Waals surface area contributed by atoms with Crippen molar-refractivity contribution in [1.82, 2.24) is 14.9 Å². The van der Waals surface area contributed by atoms with Crippen LogP contribution in [0.25, 0.3) is 10.9 Å². The van der Waals surface area contributed by atoms with Crippen LogP contribution in [0.4, 0.5) is 10.6 Å². The number of primary amides is 2. The number of ether oxygens (including phenoxy) is 1. The van der Waals surface area contributed by atoms with Crippen LogP contribution >= 0.6 is 0 Å². The summed E-state index contributed by atoms with van der Waals surface area (Å²) in [6, 6.07) is 12.4. The van der Waals surface area contributed by atoms with Gasteiger partial charge >= 0.3 is 6.09 Å². The largest absolute Gasteiger partial charge is 0.410 e. The topological polar surface area (TPSA) is 136 Å². The Morgan fingerprint density at radius 2 is 1.87 bits per heavy atom. The number of nitrogens with zero attached hydrogens (tertiary/aromatic N) is 3. The number of nitrogens with one attached hydrogen (secondary N) is 1. The molecule has 1 atom stereocenters. The van der Waals surface area contributed by atoms with Crippen LogP contribution < -0.4 is 21.5 Å². The van der Waals surface area contributed by atoms with Gasteiger partial charge in [-0.05, 0) is 49.3 Å². The Labute approximate surface area is 173 Å². The zero-order valence-electron chi connectivity index (χ0n) is 16.2. The average molecular weight is 406 g/mol. The molecule has 9 nitrogen and oxygen atoms in total. The minimum absolute atomic E-state index is 0.0777. The van der Waals surface area contributed by atoms with E-state index in [0.29, 0.717) is 22.3 Å². The van der Waals surface area contributed by atoms with E-state index in [9.17, 15) is 9.59 Å². The molecule has 2 heterocycles. The molecule has 1 aliphatic rings. The van der Waals surface area contributed by atoms with Crippen molar-refractivity contribution in [3.8, 4) is 5.75 Å². The zero-order valence-corrected chi connectivity index (χ0v) is 16.2. The van der Waals surface area contributed by atoms with Crippen molar-refractivity contribution < 1.29 is 14.3 Å². The molecule has 0 saturated carbocycles. The van der Waals surface area contributed by atoms with Crippen LogP contribution in [0.15, 0.2) is 48.8 Å². The second-order valence-corrected chi connectivity index (χ2v) is 7.13. The fraction of sp³-hybridized carbons (Fsp3) is 0.238. The van der Waals surface area contributed by atoms with Gasteiger partial charge in [0.2, 0.25) is 5.91 Å². The second-order valence-electron chi connectivity index (χ2n) is 7.13. The van der Waals surface area contributed by atoms with Crippen molar-refractivity contribution in [1.29, 1.82) is 0 Å². The maximum atomic E-state index is 11.4. The number of nitrogens with two attached hydrogens (primary N) is 2. The molecule has 0 bridgehead atoms. The zero-order chi connectivity index (χ0) is 21.1. The van der Waals surface area contributed by atoms with E-state index in [2.05, 4.69) is 20.2 Å². The number of carbonyl (C=O) groups excluding carboxylic acids is 2. The van der Waals surface area contributed by atoms with E-state index in [4.69, 9.17) is 16.2 Å². The Balaban J connectivity index is 1.67. The van der Waals surface area contributed by atoms with Crippen LogP contribution in [0.3, 0.4) is 0 Å². The van der Waals surface area contributed by atoms with E-state index < -0.39 is 12.0 Å². The van der Waals surface area contributed by atoms with Crippen molar-refractivity contribution >= 4 is 28.7 Å². The van der Waals surface area contributed by atoms with Gasteiger partial charge in [0.1, 0.15) is 17.7 Å². The molecule has 30 heavy (non-hydrogen) atoms. The summed E-state index contributed by atoms with van der Waals surface area (Å²) in [4.78, 5) is 33.6. The monoisotopic (exact) mass is 406 g/mol. The molecule has 2 amide bonds. The molecule has 1 fully saturated rings. The van der Waals surface area contributed by atoms with Crippen molar-refractivity contribution in [3.63, 3.8) is 0 Å². The lowest BCUT2D eigenvalue weighted by molar-refractivity contribution is 0.1000. The number of rotatable bonds is 7. The van der Waals surface area contributed by atoms with Crippen LogP contribution in [-0.2, 0) is 0 Å². The molecule has 0 aliphatic carbocycles. The summed E-state index contributed by atoms with van der Waals surface area (Å²) in [6.45, 7) is 2.86. The number of likely N-dealkylation sites (tertiary alicyclic amines) is 1. The number of amides is 2. The minimum Gasteiger partial charge on any atom is -0.408 e. The van der Waals surface area contributed by atoms with Gasteiger partial charge in [-0.3, -0.25) is 4.79 Å². The highest BCUT2D eigenvalue weighted by Gasteiger charge is 2.22. The third-order valence-electron chi connectivity index (χ3n) is 5.14. The molecule has 5 N–H and O–H groups in total. The molecule has 1 aromatic heterocycles. The molecule has 2 aromatic carbocycles. The SMILES string of the molecule is NC(=O)Oc1cccc2c(N[C@H](CN3CCC3)c3ccc(C(N)=O)cc3)ncnc12. The number of anilines is 1. The number of fused-ring (bicyclic) bond motifs is 1. The third-order valence-corrected chi connectivity index (χ3v) is 5.14. The van der Waals surface area contributed by atoms with Gasteiger partial charge in [-0.25, -0.2) is 14.8 Å². The highest BCUT2D eigenvalue weighted by Crippen LogP contribution is 2.30. The Morgan fingerprint density at radius 3 is 2.50 bits per heavy atom. The van der Waals surface area contributed by atoms with Crippen molar-refractivity contribution in [2.24, 2.45) is 11.5 Å². The van der Waals surface area contributed by atoms with Gasteiger partial charge in [0.15, 0.2) is 5.75 Å². The highest BCUT2D eigenvalue weighted by atomic mass is 16.5. The molecule has 0 unspecified atom stereocenters. The number of para-hydroxylation sites is 1. The van der Waals surface area contributed by atoms with Gasteiger partial charge < -0.3 is 26.4 Å². The number of aromatic nitrogens is 2. The van der Waals surface area contributed by atoms with Gasteiger partial charge in [0.05, 0.1) is 6.04 Å². The lowest BCUT2D eigenvalue weighted by atomic mass is 10.0. The number of benzene rings is 2. The average Bonchev–Trinajstić information content (AvgIpc) is 2.70. The highest BCUT2D eigenvalue weighted by molar-refractivity contribution is 5.94. The van der Waals surface area contributed by atoms with Crippen LogP contribution in [0.1, 0.15) is 28.4 Å². The van der Waals surface area contributed by atoms with E-state index >= 15 is 0 Å². The Bertz CT molecular complexity index is 1080. The molecule has 1 aliphatic heterocycles. The molecule has 9 heteroatoms. The molecular weight excluding hydrogens is 384 g/mol. The van der Waals surface area contributed by atoms with E-state index in [-0.39, 0.29) is 11.8 Å². The van der Waals surface area contributed by atoms with Crippen LogP contribution in [0.2, 0.25) is 0 Å². The lowest BCUT2D eigenvalue weighted by Crippen LogP contribution is -2.41. The summed E-state index contributed by atoms with van der Waals surface area (Å²) >= 11 is 0. The smallest absolute Gasteiger partial charge is 0.408 e. The molecule has 4 rings (SSSR count). The molecule has 1 saturated heterocycles. The van der Waals surface area contributed by atoms with Gasteiger partial charge in [-0.1, -0.05) is 18.2 Å². The standard InChI is InChI=1S/C21H22N6O3/c22-19(28)14-7-5-13(6-8-14)16(11-27-9-2-10-27)26-20-15-3-1-4-17(30-21(23)29)18(15)24-12-25-20/h1,3-8,12,16H,2,9-11H2,(H2,22,28)(H2,23,29)(H,24,25,26)/t16-/m1/s1. The molecule has 3 aromatic rings. The Hall–Kier alpha value is -3.72. The van der Waals surface area contributed by atoms with Gasteiger partial charge in [0, 0.05) is 17.5 Å². The van der Waals surface area contributed by atoms with Gasteiger partial charge in [0.25, 0.3) is 0 Å². The number of hydrogen-bond acceptors (Lipinski definition) is 7. The third kappa shape index (κ3) is 4.15. The first-order chi connectivity index (χ1) is 14.5. The first-order valence-corrected chi connectivity index (χ1v) is 9.61. The molecule has 0 radical (unpaired) electrons. The van der Waals surface area contributed by atoms with Crippen molar-refractivity contribution in [2.75, 3.05) is 25.0 Å². The summed E-state index contributed by atoms with van der Waals surface area (Å²) in [7, 11) is 0. The fourth-order valence-corrected chi connectivity index (χ4v) is 3.47. The Morgan fingerprint density at radius 1 is 1.10 bits per heavy atom. The predicted octanol–water partition coefficient (Wildman–Crippen LogP) is 2.05. The van der Waals surface area contributed by atoms with Crippen molar-refractivity contribution in [3.05, 3.63) is 59.9 Å². The molecular formula is C21H22N6O3. The first-order valence-electron chi connectivity index (χ1n) is 9.61. The second kappa shape index (κ2) is 8.34. The van der Waals surface area contributed by atoms with Crippen LogP contribution in [0, 0.1) is 0 Å². The molecule has 0 spiro atoms. The maximum absolute atomic E-state index is 11.4. The summed E-state index contributed by atoms with van der Waals surface area (Å²) < 4.78 is 5.07. The summed E-state index contributed by atoms with van der Waals surface area (Å²) in [6.07, 6.45) is 1.69. The van der Waals surface area contributed by atoms with Gasteiger partial charge in [-0.15, -0.1) is 0 Å². The van der Waals surface area contributed by atoms with Crippen LogP contribution in [0.5, 0.6) is 5.75 Å². The maximum Gasteiger partial charge on any atom is 0.410 e. The van der Waals surface area contributed by atoms with E-state index in [0.717, 1.165) is 25.2 Å². The Kier molecular flexibility index (Phi) is 5.44. The quantitative estimate of drug-likeness (QED) is 0.546.